The maximum absolute atomic E-state index is 5.90. The number of rotatable bonds is 7. The zero-order valence-electron chi connectivity index (χ0n) is 12.1. The summed E-state index contributed by atoms with van der Waals surface area (Å²) in [4.78, 5) is 0. The van der Waals surface area contributed by atoms with Crippen LogP contribution in [0.15, 0.2) is 54.6 Å². The molecule has 0 heterocycles. The van der Waals surface area contributed by atoms with Crippen molar-refractivity contribution in [2.24, 2.45) is 5.73 Å². The summed E-state index contributed by atoms with van der Waals surface area (Å²) in [6.07, 6.45) is 2.93. The molecule has 1 atom stereocenters. The lowest BCUT2D eigenvalue weighted by atomic mass is 10.1. The molecule has 0 aliphatic rings. The van der Waals surface area contributed by atoms with Crippen LogP contribution in [0.2, 0.25) is 0 Å². The molecule has 0 saturated carbocycles. The monoisotopic (exact) mass is 269 g/mol. The molecule has 0 saturated heterocycles. The van der Waals surface area contributed by atoms with Crippen LogP contribution in [0.4, 0.5) is 0 Å². The predicted molar refractivity (Wildman–Crippen MR) is 84.1 cm³/mol. The molecule has 0 aliphatic heterocycles. The highest BCUT2D eigenvalue weighted by Gasteiger charge is 2.05. The van der Waals surface area contributed by atoms with Gasteiger partial charge in [0.25, 0.3) is 0 Å². The van der Waals surface area contributed by atoms with Gasteiger partial charge < -0.3 is 10.5 Å². The third kappa shape index (κ3) is 4.71. The van der Waals surface area contributed by atoms with E-state index in [0.717, 1.165) is 31.6 Å². The fourth-order valence-corrected chi connectivity index (χ4v) is 2.26. The maximum Gasteiger partial charge on any atom is 0.122 e. The van der Waals surface area contributed by atoms with Crippen LogP contribution >= 0.6 is 0 Å². The first-order valence-electron chi connectivity index (χ1n) is 7.26. The topological polar surface area (TPSA) is 35.2 Å². The summed E-state index contributed by atoms with van der Waals surface area (Å²) in [7, 11) is 0. The van der Waals surface area contributed by atoms with Gasteiger partial charge in [0.15, 0.2) is 0 Å². The van der Waals surface area contributed by atoms with E-state index in [9.17, 15) is 0 Å². The number of nitrogens with two attached hydrogens (primary N) is 1. The molecular weight excluding hydrogens is 246 g/mol. The van der Waals surface area contributed by atoms with E-state index >= 15 is 0 Å². The molecule has 0 fully saturated rings. The van der Waals surface area contributed by atoms with E-state index in [0.29, 0.717) is 0 Å². The Balaban J connectivity index is 1.82. The summed E-state index contributed by atoms with van der Waals surface area (Å²) in [5, 5.41) is 0. The van der Waals surface area contributed by atoms with Crippen LogP contribution in [0.5, 0.6) is 5.75 Å². The SMILES string of the molecule is CC(N)Cc1ccccc1OCCCc1ccccc1. The van der Waals surface area contributed by atoms with E-state index in [1.165, 1.54) is 11.1 Å². The fraction of sp³-hybridized carbons (Fsp3) is 0.333. The number of benzene rings is 2. The molecule has 2 nitrogen and oxygen atoms in total. The molecule has 2 aromatic carbocycles. The van der Waals surface area contributed by atoms with Crippen LogP contribution in [0.1, 0.15) is 24.5 Å². The van der Waals surface area contributed by atoms with Crippen molar-refractivity contribution < 1.29 is 4.74 Å². The summed E-state index contributed by atoms with van der Waals surface area (Å²) in [5.41, 5.74) is 8.43. The number of para-hydroxylation sites is 1. The van der Waals surface area contributed by atoms with Crippen LogP contribution in [0, 0.1) is 0 Å². The molecule has 0 amide bonds. The highest BCUT2D eigenvalue weighted by molar-refractivity contribution is 5.33. The lowest BCUT2D eigenvalue weighted by Crippen LogP contribution is -2.18. The summed E-state index contributed by atoms with van der Waals surface area (Å²) in [6.45, 7) is 2.76. The lowest BCUT2D eigenvalue weighted by Gasteiger charge is -2.13. The van der Waals surface area contributed by atoms with Gasteiger partial charge >= 0.3 is 0 Å². The molecule has 0 aromatic heterocycles. The van der Waals surface area contributed by atoms with Crippen molar-refractivity contribution in [3.8, 4) is 5.75 Å². The molecule has 0 radical (unpaired) electrons. The molecule has 0 aliphatic carbocycles. The maximum atomic E-state index is 5.90. The second-order valence-electron chi connectivity index (χ2n) is 5.23. The van der Waals surface area contributed by atoms with Gasteiger partial charge in [0.1, 0.15) is 5.75 Å². The van der Waals surface area contributed by atoms with Crippen LogP contribution in [0.3, 0.4) is 0 Å². The first-order chi connectivity index (χ1) is 9.75. The van der Waals surface area contributed by atoms with E-state index in [2.05, 4.69) is 30.3 Å². The third-order valence-electron chi connectivity index (χ3n) is 3.22. The zero-order valence-corrected chi connectivity index (χ0v) is 12.1. The summed E-state index contributed by atoms with van der Waals surface area (Å²) >= 11 is 0. The van der Waals surface area contributed by atoms with E-state index in [1.54, 1.807) is 0 Å². The standard InChI is InChI=1S/C18H23NO/c1-15(19)14-17-11-5-6-12-18(17)20-13-7-10-16-8-3-2-4-9-16/h2-6,8-9,11-12,15H,7,10,13-14,19H2,1H3. The lowest BCUT2D eigenvalue weighted by molar-refractivity contribution is 0.307. The van der Waals surface area contributed by atoms with Gasteiger partial charge in [-0.25, -0.2) is 0 Å². The van der Waals surface area contributed by atoms with Gasteiger partial charge in [0, 0.05) is 6.04 Å². The second kappa shape index (κ2) is 7.71. The Morgan fingerprint density at radius 2 is 1.70 bits per heavy atom. The minimum atomic E-state index is 0.157. The van der Waals surface area contributed by atoms with Crippen molar-refractivity contribution >= 4 is 0 Å². The number of ether oxygens (including phenoxy) is 1. The van der Waals surface area contributed by atoms with Crippen LogP contribution < -0.4 is 10.5 Å². The van der Waals surface area contributed by atoms with Gasteiger partial charge in [-0.05, 0) is 43.4 Å². The van der Waals surface area contributed by atoms with Crippen molar-refractivity contribution in [2.75, 3.05) is 6.61 Å². The first kappa shape index (κ1) is 14.6. The molecule has 20 heavy (non-hydrogen) atoms. The molecule has 2 aromatic rings. The van der Waals surface area contributed by atoms with Crippen molar-refractivity contribution in [3.05, 3.63) is 65.7 Å². The molecule has 2 rings (SSSR count). The quantitative estimate of drug-likeness (QED) is 0.780. The summed E-state index contributed by atoms with van der Waals surface area (Å²) < 4.78 is 5.90. The Labute approximate surface area is 121 Å². The summed E-state index contributed by atoms with van der Waals surface area (Å²) in [5.74, 6) is 0.970. The molecule has 106 valence electrons. The molecule has 1 unspecified atom stereocenters. The number of aryl methyl sites for hydroxylation is 1. The minimum Gasteiger partial charge on any atom is -0.493 e. The third-order valence-corrected chi connectivity index (χ3v) is 3.22. The van der Waals surface area contributed by atoms with E-state index in [-0.39, 0.29) is 6.04 Å². The molecule has 2 N–H and O–H groups in total. The van der Waals surface area contributed by atoms with Crippen molar-refractivity contribution in [3.63, 3.8) is 0 Å². The largest absolute Gasteiger partial charge is 0.493 e. The highest BCUT2D eigenvalue weighted by atomic mass is 16.5. The molecule has 2 heteroatoms. The number of hydrogen-bond donors (Lipinski definition) is 1. The van der Waals surface area contributed by atoms with Crippen LogP contribution in [-0.2, 0) is 12.8 Å². The van der Waals surface area contributed by atoms with Gasteiger partial charge in [-0.15, -0.1) is 0 Å². The molecule has 0 bridgehead atoms. The minimum absolute atomic E-state index is 0.157. The Morgan fingerprint density at radius 1 is 1.00 bits per heavy atom. The average molecular weight is 269 g/mol. The van der Waals surface area contributed by atoms with Crippen molar-refractivity contribution in [1.29, 1.82) is 0 Å². The van der Waals surface area contributed by atoms with E-state index in [1.807, 2.05) is 31.2 Å². The smallest absolute Gasteiger partial charge is 0.122 e. The van der Waals surface area contributed by atoms with Gasteiger partial charge in [-0.2, -0.15) is 0 Å². The molecule has 0 spiro atoms. The first-order valence-corrected chi connectivity index (χ1v) is 7.26. The Kier molecular flexibility index (Phi) is 5.63. The van der Waals surface area contributed by atoms with Gasteiger partial charge in [0.05, 0.1) is 6.61 Å². The van der Waals surface area contributed by atoms with Crippen LogP contribution in [-0.4, -0.2) is 12.6 Å². The Morgan fingerprint density at radius 3 is 2.45 bits per heavy atom. The highest BCUT2D eigenvalue weighted by Crippen LogP contribution is 2.19. The number of hydrogen-bond acceptors (Lipinski definition) is 2. The van der Waals surface area contributed by atoms with E-state index in [4.69, 9.17) is 10.5 Å². The Bertz CT molecular complexity index is 508. The van der Waals surface area contributed by atoms with Crippen molar-refractivity contribution in [1.82, 2.24) is 0 Å². The average Bonchev–Trinajstić information content (AvgIpc) is 2.46. The second-order valence-corrected chi connectivity index (χ2v) is 5.23. The van der Waals surface area contributed by atoms with Gasteiger partial charge in [-0.3, -0.25) is 0 Å². The summed E-state index contributed by atoms with van der Waals surface area (Å²) in [6, 6.07) is 18.8. The Hall–Kier alpha value is -1.80. The fourth-order valence-electron chi connectivity index (χ4n) is 2.26. The van der Waals surface area contributed by atoms with Crippen LogP contribution in [0.25, 0.3) is 0 Å². The molecular formula is C18H23NO. The van der Waals surface area contributed by atoms with E-state index < -0.39 is 0 Å². The zero-order chi connectivity index (χ0) is 14.2. The predicted octanol–water partition coefficient (Wildman–Crippen LogP) is 3.59. The van der Waals surface area contributed by atoms with Gasteiger partial charge in [-0.1, -0.05) is 48.5 Å². The van der Waals surface area contributed by atoms with Gasteiger partial charge in [0.2, 0.25) is 0 Å². The normalized spacial score (nSPS) is 12.1. The van der Waals surface area contributed by atoms with Crippen molar-refractivity contribution in [2.45, 2.75) is 32.2 Å².